The standard InChI is InChI=1S/C19H24N6O2S/c1-3-14-15(13-20)19(23-22-16(14)4-2)25-11-9-24(10-12-25)17-7-5-6-8-18(17)28(21,26)27/h5-8H,3-4,9-12H2,1-2H3,(H2,21,26,27). The first-order chi connectivity index (χ1) is 13.4. The molecule has 8 nitrogen and oxygen atoms in total. The average Bonchev–Trinajstić information content (AvgIpc) is 2.72. The SMILES string of the molecule is CCc1nnc(N2CCN(c3ccccc3S(N)(=O)=O)CC2)c(C#N)c1CC. The number of rotatable bonds is 5. The summed E-state index contributed by atoms with van der Waals surface area (Å²) in [5.74, 6) is 0.607. The van der Waals surface area contributed by atoms with Gasteiger partial charge in [-0.25, -0.2) is 13.6 Å². The number of para-hydroxylation sites is 1. The number of piperazine rings is 1. The Kier molecular flexibility index (Phi) is 5.82. The normalized spacial score (nSPS) is 14.8. The van der Waals surface area contributed by atoms with Crippen LogP contribution in [0.15, 0.2) is 29.2 Å². The van der Waals surface area contributed by atoms with Gasteiger partial charge >= 0.3 is 0 Å². The van der Waals surface area contributed by atoms with Gasteiger partial charge < -0.3 is 9.80 Å². The molecular weight excluding hydrogens is 376 g/mol. The summed E-state index contributed by atoms with van der Waals surface area (Å²) in [6.45, 7) is 6.43. The molecule has 2 N–H and O–H groups in total. The van der Waals surface area contributed by atoms with Crippen LogP contribution in [0.3, 0.4) is 0 Å². The smallest absolute Gasteiger partial charge is 0.240 e. The second-order valence-electron chi connectivity index (χ2n) is 6.63. The van der Waals surface area contributed by atoms with E-state index in [0.29, 0.717) is 43.2 Å². The minimum absolute atomic E-state index is 0.126. The third-order valence-corrected chi connectivity index (χ3v) is 5.99. The van der Waals surface area contributed by atoms with Gasteiger partial charge in [-0.05, 0) is 30.5 Å². The predicted octanol–water partition coefficient (Wildman–Crippen LogP) is 1.45. The van der Waals surface area contributed by atoms with Crippen LogP contribution in [0.25, 0.3) is 0 Å². The van der Waals surface area contributed by atoms with Crippen molar-refractivity contribution in [3.63, 3.8) is 0 Å². The van der Waals surface area contributed by atoms with Gasteiger partial charge in [0.15, 0.2) is 5.82 Å². The Labute approximate surface area is 165 Å². The molecule has 0 aliphatic carbocycles. The van der Waals surface area contributed by atoms with E-state index in [1.807, 2.05) is 23.6 Å². The Hall–Kier alpha value is -2.70. The Morgan fingerprint density at radius 3 is 2.29 bits per heavy atom. The van der Waals surface area contributed by atoms with E-state index >= 15 is 0 Å². The fourth-order valence-corrected chi connectivity index (χ4v) is 4.38. The van der Waals surface area contributed by atoms with Crippen LogP contribution in [0.1, 0.15) is 30.7 Å². The zero-order valence-corrected chi connectivity index (χ0v) is 16.9. The minimum Gasteiger partial charge on any atom is -0.367 e. The summed E-state index contributed by atoms with van der Waals surface area (Å²) >= 11 is 0. The van der Waals surface area contributed by atoms with Crippen molar-refractivity contribution in [1.82, 2.24) is 10.2 Å². The summed E-state index contributed by atoms with van der Waals surface area (Å²) in [5.41, 5.74) is 3.01. The first-order valence-corrected chi connectivity index (χ1v) is 10.9. The van der Waals surface area contributed by atoms with Crippen LogP contribution in [0.2, 0.25) is 0 Å². The van der Waals surface area contributed by atoms with Crippen LogP contribution < -0.4 is 14.9 Å². The van der Waals surface area contributed by atoms with Crippen molar-refractivity contribution in [3.05, 3.63) is 41.1 Å². The number of nitrogens with zero attached hydrogens (tertiary/aromatic N) is 5. The number of hydrogen-bond acceptors (Lipinski definition) is 7. The second kappa shape index (κ2) is 8.12. The number of aromatic nitrogens is 2. The Morgan fingerprint density at radius 2 is 1.71 bits per heavy atom. The van der Waals surface area contributed by atoms with Crippen LogP contribution in [-0.2, 0) is 22.9 Å². The van der Waals surface area contributed by atoms with E-state index in [0.717, 1.165) is 24.1 Å². The van der Waals surface area contributed by atoms with Crippen molar-refractivity contribution in [2.75, 3.05) is 36.0 Å². The van der Waals surface area contributed by atoms with Gasteiger partial charge in [-0.15, -0.1) is 5.10 Å². The maximum Gasteiger partial charge on any atom is 0.240 e. The van der Waals surface area contributed by atoms with Gasteiger partial charge in [0, 0.05) is 26.2 Å². The van der Waals surface area contributed by atoms with Crippen molar-refractivity contribution in [2.24, 2.45) is 5.14 Å². The van der Waals surface area contributed by atoms with E-state index in [1.165, 1.54) is 6.07 Å². The number of primary sulfonamides is 1. The molecule has 0 atom stereocenters. The summed E-state index contributed by atoms with van der Waals surface area (Å²) < 4.78 is 23.8. The first-order valence-electron chi connectivity index (χ1n) is 9.30. The first kappa shape index (κ1) is 20.0. The van der Waals surface area contributed by atoms with E-state index in [1.54, 1.807) is 18.2 Å². The number of anilines is 2. The maximum absolute atomic E-state index is 11.9. The Bertz CT molecular complexity index is 1010. The summed E-state index contributed by atoms with van der Waals surface area (Å²) in [6.07, 6.45) is 1.47. The van der Waals surface area contributed by atoms with Crippen LogP contribution in [0, 0.1) is 11.3 Å². The molecule has 3 rings (SSSR count). The third-order valence-electron chi connectivity index (χ3n) is 5.03. The number of aryl methyl sites for hydroxylation is 1. The molecule has 1 aliphatic heterocycles. The Morgan fingerprint density at radius 1 is 1.07 bits per heavy atom. The molecule has 2 heterocycles. The minimum atomic E-state index is -3.80. The number of nitriles is 1. The molecule has 2 aromatic rings. The lowest BCUT2D eigenvalue weighted by Gasteiger charge is -2.37. The van der Waals surface area contributed by atoms with Crippen LogP contribution >= 0.6 is 0 Å². The lowest BCUT2D eigenvalue weighted by atomic mass is 10.0. The van der Waals surface area contributed by atoms with Crippen molar-refractivity contribution >= 4 is 21.5 Å². The highest BCUT2D eigenvalue weighted by molar-refractivity contribution is 7.89. The van der Waals surface area contributed by atoms with Crippen molar-refractivity contribution < 1.29 is 8.42 Å². The molecule has 1 fully saturated rings. The average molecular weight is 401 g/mol. The van der Waals surface area contributed by atoms with Gasteiger partial charge in [-0.1, -0.05) is 26.0 Å². The van der Waals surface area contributed by atoms with Gasteiger partial charge in [0.05, 0.1) is 11.4 Å². The van der Waals surface area contributed by atoms with Crippen LogP contribution in [-0.4, -0.2) is 44.8 Å². The van der Waals surface area contributed by atoms with Gasteiger partial charge in [0.2, 0.25) is 10.0 Å². The summed E-state index contributed by atoms with van der Waals surface area (Å²) in [5, 5.41) is 23.7. The molecule has 1 aromatic heterocycles. The fourth-order valence-electron chi connectivity index (χ4n) is 3.62. The van der Waals surface area contributed by atoms with Crippen molar-refractivity contribution in [1.29, 1.82) is 5.26 Å². The molecular formula is C19H24N6O2S. The number of nitrogens with two attached hydrogens (primary N) is 1. The zero-order chi connectivity index (χ0) is 20.3. The highest BCUT2D eigenvalue weighted by Gasteiger charge is 2.26. The third kappa shape index (κ3) is 3.79. The molecule has 9 heteroatoms. The molecule has 0 bridgehead atoms. The molecule has 1 aliphatic rings. The van der Waals surface area contributed by atoms with E-state index in [9.17, 15) is 13.7 Å². The summed E-state index contributed by atoms with van der Waals surface area (Å²) in [6, 6.07) is 9.05. The van der Waals surface area contributed by atoms with E-state index in [2.05, 4.69) is 16.3 Å². The summed E-state index contributed by atoms with van der Waals surface area (Å²) in [7, 11) is -3.80. The number of hydrogen-bond donors (Lipinski definition) is 1. The number of sulfonamides is 1. The molecule has 1 aromatic carbocycles. The second-order valence-corrected chi connectivity index (χ2v) is 8.16. The fraction of sp³-hybridized carbons (Fsp3) is 0.421. The van der Waals surface area contributed by atoms with Gasteiger partial charge in [0.25, 0.3) is 0 Å². The van der Waals surface area contributed by atoms with Crippen molar-refractivity contribution in [3.8, 4) is 6.07 Å². The van der Waals surface area contributed by atoms with E-state index in [-0.39, 0.29) is 4.90 Å². The van der Waals surface area contributed by atoms with E-state index in [4.69, 9.17) is 5.14 Å². The largest absolute Gasteiger partial charge is 0.367 e. The van der Waals surface area contributed by atoms with Gasteiger partial charge in [-0.2, -0.15) is 10.4 Å². The topological polar surface area (TPSA) is 116 Å². The molecule has 0 saturated carbocycles. The van der Waals surface area contributed by atoms with E-state index < -0.39 is 10.0 Å². The molecule has 148 valence electrons. The lowest BCUT2D eigenvalue weighted by molar-refractivity contribution is 0.595. The Balaban J connectivity index is 1.86. The molecule has 0 unspecified atom stereocenters. The maximum atomic E-state index is 11.9. The monoisotopic (exact) mass is 400 g/mol. The van der Waals surface area contributed by atoms with Gasteiger partial charge in [-0.3, -0.25) is 0 Å². The molecule has 0 amide bonds. The molecule has 1 saturated heterocycles. The predicted molar refractivity (Wildman–Crippen MR) is 108 cm³/mol. The van der Waals surface area contributed by atoms with Crippen LogP contribution in [0.5, 0.6) is 0 Å². The van der Waals surface area contributed by atoms with Gasteiger partial charge in [0.1, 0.15) is 16.5 Å². The zero-order valence-electron chi connectivity index (χ0n) is 16.1. The highest BCUT2D eigenvalue weighted by Crippen LogP contribution is 2.28. The van der Waals surface area contributed by atoms with Crippen molar-refractivity contribution in [2.45, 2.75) is 31.6 Å². The highest BCUT2D eigenvalue weighted by atomic mass is 32.2. The number of benzene rings is 1. The van der Waals surface area contributed by atoms with Crippen LogP contribution in [0.4, 0.5) is 11.5 Å². The quantitative estimate of drug-likeness (QED) is 0.807. The lowest BCUT2D eigenvalue weighted by Crippen LogP contribution is -2.47. The molecule has 0 radical (unpaired) electrons. The molecule has 28 heavy (non-hydrogen) atoms. The summed E-state index contributed by atoms with van der Waals surface area (Å²) in [4.78, 5) is 4.17. The molecule has 0 spiro atoms.